The third-order valence-corrected chi connectivity index (χ3v) is 5.06. The molecule has 1 aliphatic carbocycles. The SMILES string of the molecule is COCCNc1ccc([N+](=O)[O-])cc1C(=O)OCC(=O)c1ccc2c(c1)CCCC2. The Morgan fingerprint density at radius 1 is 1.10 bits per heavy atom. The Kier molecular flexibility index (Phi) is 7.13. The van der Waals surface area contributed by atoms with E-state index in [0.717, 1.165) is 31.7 Å². The number of nitro benzene ring substituents is 1. The van der Waals surface area contributed by atoms with E-state index in [2.05, 4.69) is 5.32 Å². The minimum Gasteiger partial charge on any atom is -0.454 e. The van der Waals surface area contributed by atoms with Crippen LogP contribution in [-0.2, 0) is 22.3 Å². The number of carbonyl (C=O) groups excluding carboxylic acids is 2. The summed E-state index contributed by atoms with van der Waals surface area (Å²) >= 11 is 0. The van der Waals surface area contributed by atoms with E-state index in [-0.39, 0.29) is 17.0 Å². The average Bonchev–Trinajstić information content (AvgIpc) is 2.77. The Morgan fingerprint density at radius 2 is 1.87 bits per heavy atom. The first-order valence-corrected chi connectivity index (χ1v) is 9.83. The van der Waals surface area contributed by atoms with Gasteiger partial charge >= 0.3 is 5.97 Å². The Bertz CT molecular complexity index is 957. The Morgan fingerprint density at radius 3 is 2.60 bits per heavy atom. The van der Waals surface area contributed by atoms with Gasteiger partial charge in [0.1, 0.15) is 0 Å². The monoisotopic (exact) mass is 412 g/mol. The maximum absolute atomic E-state index is 12.6. The van der Waals surface area contributed by atoms with Crippen molar-refractivity contribution in [3.8, 4) is 0 Å². The van der Waals surface area contributed by atoms with Crippen LogP contribution < -0.4 is 5.32 Å². The molecule has 30 heavy (non-hydrogen) atoms. The van der Waals surface area contributed by atoms with Crippen molar-refractivity contribution >= 4 is 23.1 Å². The number of rotatable bonds is 9. The van der Waals surface area contributed by atoms with Crippen LogP contribution in [0.4, 0.5) is 11.4 Å². The Hall–Kier alpha value is -3.26. The summed E-state index contributed by atoms with van der Waals surface area (Å²) in [5.41, 5.74) is 3.07. The summed E-state index contributed by atoms with van der Waals surface area (Å²) < 4.78 is 10.1. The number of aryl methyl sites for hydroxylation is 2. The summed E-state index contributed by atoms with van der Waals surface area (Å²) in [4.78, 5) is 35.6. The van der Waals surface area contributed by atoms with Gasteiger partial charge in [-0.15, -0.1) is 0 Å². The average molecular weight is 412 g/mol. The van der Waals surface area contributed by atoms with E-state index >= 15 is 0 Å². The van der Waals surface area contributed by atoms with Gasteiger partial charge in [0.05, 0.1) is 17.1 Å². The number of esters is 1. The van der Waals surface area contributed by atoms with Crippen molar-refractivity contribution in [3.63, 3.8) is 0 Å². The molecule has 0 aromatic heterocycles. The minimum absolute atomic E-state index is 0.00135. The Balaban J connectivity index is 1.70. The molecule has 2 aromatic carbocycles. The number of non-ortho nitro benzene ring substituents is 1. The standard InChI is InChI=1S/C22H24N2O6/c1-29-11-10-23-20-9-8-18(24(27)28)13-19(20)22(26)30-14-21(25)17-7-6-15-4-2-3-5-16(15)12-17/h6-9,12-13,23H,2-5,10-11,14H2,1H3. The van der Waals surface area contributed by atoms with Crippen molar-refractivity contribution in [3.05, 3.63) is 68.8 Å². The number of nitrogens with zero attached hydrogens (tertiary/aromatic N) is 1. The number of hydrogen-bond acceptors (Lipinski definition) is 7. The van der Waals surface area contributed by atoms with Gasteiger partial charge in [0.15, 0.2) is 12.4 Å². The van der Waals surface area contributed by atoms with Crippen LogP contribution in [0, 0.1) is 10.1 Å². The van der Waals surface area contributed by atoms with Gasteiger partial charge < -0.3 is 14.8 Å². The van der Waals surface area contributed by atoms with Crippen LogP contribution in [0.25, 0.3) is 0 Å². The Labute approximate surface area is 174 Å². The number of ketones is 1. The van der Waals surface area contributed by atoms with E-state index in [1.807, 2.05) is 12.1 Å². The third-order valence-electron chi connectivity index (χ3n) is 5.06. The molecule has 0 saturated heterocycles. The van der Waals surface area contributed by atoms with Crippen molar-refractivity contribution in [1.82, 2.24) is 0 Å². The van der Waals surface area contributed by atoms with Gasteiger partial charge in [-0.3, -0.25) is 14.9 Å². The molecule has 0 aliphatic heterocycles. The smallest absolute Gasteiger partial charge is 0.340 e. The largest absolute Gasteiger partial charge is 0.454 e. The summed E-state index contributed by atoms with van der Waals surface area (Å²) in [6, 6.07) is 9.46. The fourth-order valence-corrected chi connectivity index (χ4v) is 3.46. The number of nitrogens with one attached hydrogen (secondary N) is 1. The van der Waals surface area contributed by atoms with Crippen molar-refractivity contribution in [2.24, 2.45) is 0 Å². The fraction of sp³-hybridized carbons (Fsp3) is 0.364. The number of anilines is 1. The second-order valence-electron chi connectivity index (χ2n) is 7.10. The highest BCUT2D eigenvalue weighted by atomic mass is 16.6. The molecular weight excluding hydrogens is 388 g/mol. The molecule has 0 heterocycles. The summed E-state index contributed by atoms with van der Waals surface area (Å²) in [5, 5.41) is 14.1. The zero-order chi connectivity index (χ0) is 21.5. The van der Waals surface area contributed by atoms with Crippen LogP contribution in [0.3, 0.4) is 0 Å². The van der Waals surface area contributed by atoms with E-state index in [1.165, 1.54) is 23.3 Å². The number of ether oxygens (including phenoxy) is 2. The topological polar surface area (TPSA) is 108 Å². The van der Waals surface area contributed by atoms with E-state index in [9.17, 15) is 19.7 Å². The van der Waals surface area contributed by atoms with Crippen LogP contribution >= 0.6 is 0 Å². The summed E-state index contributed by atoms with van der Waals surface area (Å²) in [7, 11) is 1.54. The second-order valence-corrected chi connectivity index (χ2v) is 7.10. The van der Waals surface area contributed by atoms with Gasteiger partial charge in [-0.2, -0.15) is 0 Å². The first-order chi connectivity index (χ1) is 14.5. The van der Waals surface area contributed by atoms with Gasteiger partial charge in [-0.25, -0.2) is 4.79 Å². The molecule has 3 rings (SSSR count). The molecule has 1 aliphatic rings. The molecule has 8 heteroatoms. The predicted molar refractivity (Wildman–Crippen MR) is 111 cm³/mol. The quantitative estimate of drug-likeness (QED) is 0.220. The van der Waals surface area contributed by atoms with Gasteiger partial charge in [0.25, 0.3) is 5.69 Å². The van der Waals surface area contributed by atoms with Crippen LogP contribution in [0.5, 0.6) is 0 Å². The van der Waals surface area contributed by atoms with Gasteiger partial charge in [-0.05, 0) is 48.9 Å². The fourth-order valence-electron chi connectivity index (χ4n) is 3.46. The first-order valence-electron chi connectivity index (χ1n) is 9.83. The zero-order valence-electron chi connectivity index (χ0n) is 16.8. The molecule has 0 unspecified atom stereocenters. The molecule has 0 bridgehead atoms. The molecular formula is C22H24N2O6. The lowest BCUT2D eigenvalue weighted by Gasteiger charge is -2.16. The number of methoxy groups -OCH3 is 1. The number of Topliss-reactive ketones (excluding diaryl/α,β-unsaturated/α-hetero) is 1. The number of benzene rings is 2. The zero-order valence-corrected chi connectivity index (χ0v) is 16.8. The van der Waals surface area contributed by atoms with Crippen molar-refractivity contribution < 1.29 is 24.0 Å². The number of fused-ring (bicyclic) bond motifs is 1. The summed E-state index contributed by atoms with van der Waals surface area (Å²) in [6.45, 7) is 0.364. The van der Waals surface area contributed by atoms with E-state index in [0.29, 0.717) is 24.4 Å². The van der Waals surface area contributed by atoms with Crippen LogP contribution in [0.2, 0.25) is 0 Å². The van der Waals surface area contributed by atoms with Crippen molar-refractivity contribution in [2.45, 2.75) is 25.7 Å². The third kappa shape index (κ3) is 5.21. The lowest BCUT2D eigenvalue weighted by Crippen LogP contribution is -2.17. The molecule has 0 fully saturated rings. The number of carbonyl (C=O) groups is 2. The normalized spacial score (nSPS) is 12.7. The molecule has 0 saturated carbocycles. The predicted octanol–water partition coefficient (Wildman–Crippen LogP) is 3.57. The lowest BCUT2D eigenvalue weighted by molar-refractivity contribution is -0.384. The maximum Gasteiger partial charge on any atom is 0.340 e. The van der Waals surface area contributed by atoms with E-state index in [4.69, 9.17) is 9.47 Å². The van der Waals surface area contributed by atoms with E-state index in [1.54, 1.807) is 13.2 Å². The van der Waals surface area contributed by atoms with Crippen molar-refractivity contribution in [2.75, 3.05) is 32.2 Å². The molecule has 2 aromatic rings. The maximum atomic E-state index is 12.6. The molecule has 8 nitrogen and oxygen atoms in total. The van der Waals surface area contributed by atoms with Crippen LogP contribution in [0.1, 0.15) is 44.7 Å². The van der Waals surface area contributed by atoms with E-state index < -0.39 is 17.5 Å². The van der Waals surface area contributed by atoms with Gasteiger partial charge in [0.2, 0.25) is 0 Å². The molecule has 0 radical (unpaired) electrons. The molecule has 158 valence electrons. The highest BCUT2D eigenvalue weighted by molar-refractivity contribution is 6.01. The lowest BCUT2D eigenvalue weighted by atomic mass is 9.90. The molecule has 0 atom stereocenters. The van der Waals surface area contributed by atoms with Crippen LogP contribution in [-0.4, -0.2) is 43.5 Å². The van der Waals surface area contributed by atoms with Gasteiger partial charge in [-0.1, -0.05) is 12.1 Å². The van der Waals surface area contributed by atoms with Gasteiger partial charge in [0, 0.05) is 37.0 Å². The second kappa shape index (κ2) is 9.98. The van der Waals surface area contributed by atoms with Crippen molar-refractivity contribution in [1.29, 1.82) is 0 Å². The number of nitro groups is 1. The summed E-state index contributed by atoms with van der Waals surface area (Å²) in [5.74, 6) is -1.11. The molecule has 0 amide bonds. The molecule has 0 spiro atoms. The highest BCUT2D eigenvalue weighted by Gasteiger charge is 2.20. The van der Waals surface area contributed by atoms with Crippen LogP contribution in [0.15, 0.2) is 36.4 Å². The first kappa shape index (κ1) is 21.4. The molecule has 1 N–H and O–H groups in total. The number of hydrogen-bond donors (Lipinski definition) is 1. The summed E-state index contributed by atoms with van der Waals surface area (Å²) in [6.07, 6.45) is 4.22. The minimum atomic E-state index is -0.801. The highest BCUT2D eigenvalue weighted by Crippen LogP contribution is 2.24.